The fourth-order valence-electron chi connectivity index (χ4n) is 2.68. The minimum absolute atomic E-state index is 0.110. The molecule has 25 heavy (non-hydrogen) atoms. The van der Waals surface area contributed by atoms with Crippen LogP contribution in [0.2, 0.25) is 0 Å². The molecule has 5 heteroatoms. The first-order valence-corrected chi connectivity index (χ1v) is 8.62. The van der Waals surface area contributed by atoms with E-state index in [9.17, 15) is 4.79 Å². The maximum atomic E-state index is 12.2. The number of hydrogen-bond donors (Lipinski definition) is 1. The molecular weight excluding hydrogens is 318 g/mol. The summed E-state index contributed by atoms with van der Waals surface area (Å²) in [7, 11) is 0. The van der Waals surface area contributed by atoms with Gasteiger partial charge in [0.25, 0.3) is 5.91 Å². The molecule has 1 fully saturated rings. The van der Waals surface area contributed by atoms with Gasteiger partial charge in [0.1, 0.15) is 24.7 Å². The van der Waals surface area contributed by atoms with Gasteiger partial charge in [-0.1, -0.05) is 24.3 Å². The average molecular weight is 341 g/mol. The first-order chi connectivity index (χ1) is 12.3. The van der Waals surface area contributed by atoms with Crippen molar-refractivity contribution in [3.63, 3.8) is 0 Å². The third kappa shape index (κ3) is 5.50. The van der Waals surface area contributed by atoms with Crippen LogP contribution in [-0.4, -0.2) is 38.4 Å². The Morgan fingerprint density at radius 1 is 1.04 bits per heavy atom. The molecule has 1 N–H and O–H groups in total. The minimum atomic E-state index is -0.110. The van der Waals surface area contributed by atoms with Gasteiger partial charge in [-0.25, -0.2) is 0 Å². The van der Waals surface area contributed by atoms with Gasteiger partial charge in [0.15, 0.2) is 0 Å². The highest BCUT2D eigenvalue weighted by molar-refractivity contribution is 5.94. The smallest absolute Gasteiger partial charge is 0.251 e. The summed E-state index contributed by atoms with van der Waals surface area (Å²) in [6, 6.07) is 16.8. The van der Waals surface area contributed by atoms with E-state index in [1.54, 1.807) is 12.1 Å². The number of benzene rings is 2. The maximum absolute atomic E-state index is 12.2. The molecule has 2 aromatic rings. The quantitative estimate of drug-likeness (QED) is 0.750. The van der Waals surface area contributed by atoms with Crippen molar-refractivity contribution in [1.29, 1.82) is 0 Å². The predicted octanol–water partition coefficient (Wildman–Crippen LogP) is 3.05. The monoisotopic (exact) mass is 341 g/mol. The van der Waals surface area contributed by atoms with Crippen molar-refractivity contribution in [2.75, 3.05) is 26.4 Å². The van der Waals surface area contributed by atoms with Gasteiger partial charge in [-0.05, 0) is 43.2 Å². The van der Waals surface area contributed by atoms with Gasteiger partial charge < -0.3 is 19.5 Å². The van der Waals surface area contributed by atoms with E-state index in [4.69, 9.17) is 14.2 Å². The highest BCUT2D eigenvalue weighted by Gasteiger charge is 2.16. The molecule has 1 atom stereocenters. The van der Waals surface area contributed by atoms with E-state index in [1.807, 2.05) is 42.5 Å². The predicted molar refractivity (Wildman–Crippen MR) is 95.2 cm³/mol. The van der Waals surface area contributed by atoms with Gasteiger partial charge in [0.05, 0.1) is 6.10 Å². The van der Waals surface area contributed by atoms with Crippen LogP contribution in [0.1, 0.15) is 23.2 Å². The van der Waals surface area contributed by atoms with E-state index in [0.717, 1.165) is 25.2 Å². The summed E-state index contributed by atoms with van der Waals surface area (Å²) in [6.07, 6.45) is 2.21. The van der Waals surface area contributed by atoms with E-state index < -0.39 is 0 Å². The molecule has 0 bridgehead atoms. The summed E-state index contributed by atoms with van der Waals surface area (Å²) in [6.45, 7) is 2.19. The van der Waals surface area contributed by atoms with Gasteiger partial charge in [0, 0.05) is 18.7 Å². The minimum Gasteiger partial charge on any atom is -0.490 e. The molecule has 1 heterocycles. The fourth-order valence-corrected chi connectivity index (χ4v) is 2.68. The Morgan fingerprint density at radius 3 is 2.56 bits per heavy atom. The van der Waals surface area contributed by atoms with Crippen LogP contribution >= 0.6 is 0 Å². The molecule has 1 saturated heterocycles. The lowest BCUT2D eigenvalue weighted by Crippen LogP contribution is -2.31. The van der Waals surface area contributed by atoms with Crippen molar-refractivity contribution in [3.05, 3.63) is 60.2 Å². The number of carbonyl (C=O) groups excluding carboxylic acids is 1. The fraction of sp³-hybridized carbons (Fsp3) is 0.350. The summed E-state index contributed by atoms with van der Waals surface area (Å²) in [4.78, 5) is 12.2. The zero-order chi connectivity index (χ0) is 17.3. The number of para-hydroxylation sites is 1. The van der Waals surface area contributed by atoms with Crippen LogP contribution in [0.3, 0.4) is 0 Å². The van der Waals surface area contributed by atoms with E-state index in [1.165, 1.54) is 0 Å². The molecule has 0 aromatic heterocycles. The molecule has 0 saturated carbocycles. The zero-order valence-electron chi connectivity index (χ0n) is 14.1. The van der Waals surface area contributed by atoms with E-state index in [0.29, 0.717) is 31.1 Å². The van der Waals surface area contributed by atoms with Gasteiger partial charge in [-0.3, -0.25) is 4.79 Å². The Kier molecular flexibility index (Phi) is 6.29. The first-order valence-electron chi connectivity index (χ1n) is 8.62. The summed E-state index contributed by atoms with van der Waals surface area (Å²) in [5.41, 5.74) is 0.583. The van der Waals surface area contributed by atoms with Gasteiger partial charge in [-0.15, -0.1) is 0 Å². The molecule has 3 rings (SSSR count). The van der Waals surface area contributed by atoms with Crippen LogP contribution in [0.5, 0.6) is 11.5 Å². The molecule has 0 radical (unpaired) electrons. The zero-order valence-corrected chi connectivity index (χ0v) is 14.1. The first kappa shape index (κ1) is 17.3. The van der Waals surface area contributed by atoms with Crippen LogP contribution in [0.4, 0.5) is 0 Å². The lowest BCUT2D eigenvalue weighted by Gasteiger charge is -2.12. The topological polar surface area (TPSA) is 56.8 Å². The Labute approximate surface area is 147 Å². The van der Waals surface area contributed by atoms with Gasteiger partial charge in [0.2, 0.25) is 0 Å². The Balaban J connectivity index is 1.43. The van der Waals surface area contributed by atoms with E-state index >= 15 is 0 Å². The number of ether oxygens (including phenoxy) is 3. The summed E-state index contributed by atoms with van der Waals surface area (Å²) >= 11 is 0. The number of rotatable bonds is 8. The highest BCUT2D eigenvalue weighted by Crippen LogP contribution is 2.15. The van der Waals surface area contributed by atoms with E-state index in [-0.39, 0.29) is 12.0 Å². The molecule has 2 aromatic carbocycles. The third-order valence-electron chi connectivity index (χ3n) is 3.97. The van der Waals surface area contributed by atoms with Gasteiger partial charge in [-0.2, -0.15) is 0 Å². The number of carbonyl (C=O) groups is 1. The van der Waals surface area contributed by atoms with Crippen LogP contribution < -0.4 is 14.8 Å². The molecule has 1 unspecified atom stereocenters. The van der Waals surface area contributed by atoms with Crippen molar-refractivity contribution >= 4 is 5.91 Å². The Hall–Kier alpha value is -2.53. The van der Waals surface area contributed by atoms with Crippen molar-refractivity contribution < 1.29 is 19.0 Å². The van der Waals surface area contributed by atoms with Crippen LogP contribution in [0.25, 0.3) is 0 Å². The van der Waals surface area contributed by atoms with Gasteiger partial charge >= 0.3 is 0 Å². The normalized spacial score (nSPS) is 16.4. The molecule has 5 nitrogen and oxygen atoms in total. The molecule has 0 aliphatic carbocycles. The second kappa shape index (κ2) is 9.08. The standard InChI is InChI=1S/C20H23NO4/c22-20(21-15-19-10-5-11-23-19)16-6-4-9-18(14-16)25-13-12-24-17-7-2-1-3-8-17/h1-4,6-9,14,19H,5,10-13,15H2,(H,21,22). The van der Waals surface area contributed by atoms with Crippen molar-refractivity contribution in [2.45, 2.75) is 18.9 Å². The van der Waals surface area contributed by atoms with Crippen LogP contribution in [0, 0.1) is 0 Å². The largest absolute Gasteiger partial charge is 0.490 e. The second-order valence-electron chi connectivity index (χ2n) is 5.88. The maximum Gasteiger partial charge on any atom is 0.251 e. The Morgan fingerprint density at radius 2 is 1.80 bits per heavy atom. The number of nitrogens with one attached hydrogen (secondary N) is 1. The summed E-state index contributed by atoms with van der Waals surface area (Å²) < 4.78 is 16.8. The van der Waals surface area contributed by atoms with Crippen molar-refractivity contribution in [3.8, 4) is 11.5 Å². The Bertz CT molecular complexity index is 668. The molecule has 0 spiro atoms. The van der Waals surface area contributed by atoms with E-state index in [2.05, 4.69) is 5.32 Å². The van der Waals surface area contributed by atoms with Crippen molar-refractivity contribution in [2.24, 2.45) is 0 Å². The second-order valence-corrected chi connectivity index (χ2v) is 5.88. The van der Waals surface area contributed by atoms with Crippen LogP contribution in [-0.2, 0) is 4.74 Å². The lowest BCUT2D eigenvalue weighted by molar-refractivity contribution is 0.0857. The number of amides is 1. The van der Waals surface area contributed by atoms with Crippen LogP contribution in [0.15, 0.2) is 54.6 Å². The van der Waals surface area contributed by atoms with Crippen molar-refractivity contribution in [1.82, 2.24) is 5.32 Å². The summed E-state index contributed by atoms with van der Waals surface area (Å²) in [5, 5.41) is 2.91. The average Bonchev–Trinajstić information content (AvgIpc) is 3.18. The lowest BCUT2D eigenvalue weighted by atomic mass is 10.2. The number of hydrogen-bond acceptors (Lipinski definition) is 4. The highest BCUT2D eigenvalue weighted by atomic mass is 16.5. The third-order valence-corrected chi connectivity index (χ3v) is 3.97. The molecule has 1 aliphatic rings. The summed E-state index contributed by atoms with van der Waals surface area (Å²) in [5.74, 6) is 1.36. The SMILES string of the molecule is O=C(NCC1CCCO1)c1cccc(OCCOc2ccccc2)c1. The molecule has 1 aliphatic heterocycles. The molecular formula is C20H23NO4. The molecule has 1 amide bonds. The molecule has 132 valence electrons.